The van der Waals surface area contributed by atoms with Crippen molar-refractivity contribution in [3.8, 4) is 0 Å². The van der Waals surface area contributed by atoms with Crippen molar-refractivity contribution in [2.24, 2.45) is 0 Å². The van der Waals surface area contributed by atoms with E-state index in [0.29, 0.717) is 11.1 Å². The molecule has 0 aromatic heterocycles. The summed E-state index contributed by atoms with van der Waals surface area (Å²) >= 11 is 1.70. The molecular formula is C11H26B2O3S. The van der Waals surface area contributed by atoms with Crippen molar-refractivity contribution < 1.29 is 14.9 Å². The number of hydrogen-bond acceptors (Lipinski definition) is 4. The molecule has 100 valence electrons. The first-order chi connectivity index (χ1) is 7.89. The second-order valence-electron chi connectivity index (χ2n) is 5.57. The van der Waals surface area contributed by atoms with Crippen LogP contribution in [0.25, 0.3) is 0 Å². The molecule has 3 nitrogen and oxygen atoms in total. The van der Waals surface area contributed by atoms with Gasteiger partial charge in [-0.2, -0.15) is 0 Å². The third kappa shape index (κ3) is 11.2. The fourth-order valence-corrected chi connectivity index (χ4v) is 2.55. The first-order valence-electron chi connectivity index (χ1n) is 6.41. The van der Waals surface area contributed by atoms with Crippen LogP contribution in [0.4, 0.5) is 0 Å². The van der Waals surface area contributed by atoms with Gasteiger partial charge in [-0.25, -0.2) is 11.6 Å². The van der Waals surface area contributed by atoms with Gasteiger partial charge >= 0.3 is 0 Å². The van der Waals surface area contributed by atoms with Crippen LogP contribution in [0.3, 0.4) is 0 Å². The SMILES string of the molecule is CCCC(CO)OC(O)CSBBC(C)(C)C. The average Bonchev–Trinajstić information content (AvgIpc) is 2.22. The second-order valence-corrected chi connectivity index (χ2v) is 6.72. The van der Waals surface area contributed by atoms with Crippen LogP contribution in [0.5, 0.6) is 0 Å². The number of rotatable bonds is 9. The van der Waals surface area contributed by atoms with Gasteiger partial charge in [0.25, 0.3) is 0 Å². The lowest BCUT2D eigenvalue weighted by atomic mass is 9.40. The molecule has 0 amide bonds. The van der Waals surface area contributed by atoms with Crippen molar-refractivity contribution in [1.29, 1.82) is 0 Å². The smallest absolute Gasteiger partial charge is 0.163 e. The van der Waals surface area contributed by atoms with Crippen LogP contribution in [0.2, 0.25) is 5.31 Å². The molecule has 0 heterocycles. The Kier molecular flexibility index (Phi) is 9.51. The second kappa shape index (κ2) is 9.31. The van der Waals surface area contributed by atoms with Crippen molar-refractivity contribution >= 4 is 25.2 Å². The fourth-order valence-electron chi connectivity index (χ4n) is 1.35. The third-order valence-electron chi connectivity index (χ3n) is 2.42. The highest BCUT2D eigenvalue weighted by Crippen LogP contribution is 2.20. The van der Waals surface area contributed by atoms with Gasteiger partial charge in [0.2, 0.25) is 0 Å². The Labute approximate surface area is 111 Å². The molecule has 0 saturated heterocycles. The maximum Gasteiger partial charge on any atom is 0.163 e. The van der Waals surface area contributed by atoms with E-state index in [0.717, 1.165) is 26.5 Å². The van der Waals surface area contributed by atoms with E-state index in [2.05, 4.69) is 20.8 Å². The largest absolute Gasteiger partial charge is 0.394 e. The molecule has 0 radical (unpaired) electrons. The third-order valence-corrected chi connectivity index (χ3v) is 3.43. The molecule has 0 spiro atoms. The van der Waals surface area contributed by atoms with Gasteiger partial charge in [-0.3, -0.25) is 0 Å². The molecule has 0 fully saturated rings. The maximum atomic E-state index is 9.65. The molecule has 0 rings (SSSR count). The molecule has 2 atom stereocenters. The van der Waals surface area contributed by atoms with Crippen molar-refractivity contribution in [3.05, 3.63) is 0 Å². The molecule has 0 saturated carbocycles. The van der Waals surface area contributed by atoms with Crippen LogP contribution < -0.4 is 0 Å². The number of aliphatic hydroxyl groups excluding tert-OH is 2. The number of aliphatic hydroxyl groups is 2. The van der Waals surface area contributed by atoms with Gasteiger partial charge in [0.15, 0.2) is 12.7 Å². The quantitative estimate of drug-likeness (QED) is 0.371. The average molecular weight is 260 g/mol. The zero-order chi connectivity index (χ0) is 13.3. The van der Waals surface area contributed by atoms with Crippen LogP contribution in [0, 0.1) is 0 Å². The molecule has 2 N–H and O–H groups in total. The highest BCUT2D eigenvalue weighted by molar-refractivity contribution is 8.26. The van der Waals surface area contributed by atoms with Crippen LogP contribution in [0.15, 0.2) is 0 Å². The lowest BCUT2D eigenvalue weighted by Crippen LogP contribution is -2.27. The van der Waals surface area contributed by atoms with E-state index in [4.69, 9.17) is 9.84 Å². The summed E-state index contributed by atoms with van der Waals surface area (Å²) in [7, 11) is 1.13. The molecule has 0 aliphatic carbocycles. The Morgan fingerprint density at radius 3 is 2.47 bits per heavy atom. The van der Waals surface area contributed by atoms with Gasteiger partial charge in [0.1, 0.15) is 7.17 Å². The Morgan fingerprint density at radius 1 is 1.35 bits per heavy atom. The maximum absolute atomic E-state index is 9.65. The topological polar surface area (TPSA) is 49.7 Å². The first-order valence-corrected chi connectivity index (χ1v) is 7.56. The van der Waals surface area contributed by atoms with Crippen LogP contribution in [0.1, 0.15) is 40.5 Å². The molecule has 0 bridgehead atoms. The van der Waals surface area contributed by atoms with Gasteiger partial charge in [-0.1, -0.05) is 39.4 Å². The normalized spacial score (nSPS) is 15.4. The van der Waals surface area contributed by atoms with E-state index in [9.17, 15) is 5.11 Å². The summed E-state index contributed by atoms with van der Waals surface area (Å²) < 4.78 is 5.36. The van der Waals surface area contributed by atoms with E-state index in [1.54, 1.807) is 11.6 Å². The van der Waals surface area contributed by atoms with Gasteiger partial charge in [-0.05, 0) is 6.42 Å². The Bertz CT molecular complexity index is 188. The van der Waals surface area contributed by atoms with E-state index in [1.807, 2.05) is 6.92 Å². The minimum Gasteiger partial charge on any atom is -0.394 e. The molecule has 0 aromatic carbocycles. The van der Waals surface area contributed by atoms with Crippen molar-refractivity contribution in [2.75, 3.05) is 12.4 Å². The predicted molar refractivity (Wildman–Crippen MR) is 79.3 cm³/mol. The lowest BCUT2D eigenvalue weighted by molar-refractivity contribution is -0.134. The zero-order valence-electron chi connectivity index (χ0n) is 11.6. The van der Waals surface area contributed by atoms with Crippen molar-refractivity contribution in [2.45, 2.75) is 58.2 Å². The molecular weight excluding hydrogens is 234 g/mol. The van der Waals surface area contributed by atoms with E-state index in [1.165, 1.54) is 0 Å². The van der Waals surface area contributed by atoms with Gasteiger partial charge in [0.05, 0.1) is 12.7 Å². The van der Waals surface area contributed by atoms with Gasteiger partial charge in [-0.15, -0.1) is 0 Å². The Morgan fingerprint density at radius 2 is 2.00 bits per heavy atom. The predicted octanol–water partition coefficient (Wildman–Crippen LogP) is 1.14. The number of ether oxygens (including phenoxy) is 1. The summed E-state index contributed by atoms with van der Waals surface area (Å²) in [5.41, 5.74) is 0. The van der Waals surface area contributed by atoms with E-state index >= 15 is 0 Å². The summed E-state index contributed by atoms with van der Waals surface area (Å²) in [5.74, 6) is 0.580. The summed E-state index contributed by atoms with van der Waals surface area (Å²) in [6.07, 6.45) is 1.79. The lowest BCUT2D eigenvalue weighted by Gasteiger charge is -2.20. The highest BCUT2D eigenvalue weighted by atomic mass is 32.2. The summed E-state index contributed by atoms with van der Waals surface area (Å²) in [6.45, 7) is 8.66. The molecule has 0 aliphatic rings. The summed E-state index contributed by atoms with van der Waals surface area (Å²) in [6, 6.07) is 0. The first kappa shape index (κ1) is 17.4. The van der Waals surface area contributed by atoms with Gasteiger partial charge < -0.3 is 14.9 Å². The van der Waals surface area contributed by atoms with Crippen molar-refractivity contribution in [1.82, 2.24) is 0 Å². The number of hydrogen-bond donors (Lipinski definition) is 2. The highest BCUT2D eigenvalue weighted by Gasteiger charge is 2.15. The Hall–Kier alpha value is 0.360. The summed E-state index contributed by atoms with van der Waals surface area (Å²) in [5, 5.41) is 19.0. The molecule has 2 unspecified atom stereocenters. The molecule has 0 aliphatic heterocycles. The van der Waals surface area contributed by atoms with Gasteiger partial charge in [0, 0.05) is 5.75 Å². The molecule has 17 heavy (non-hydrogen) atoms. The molecule has 6 heteroatoms. The standard InChI is InChI=1S/C11H26B2O3S/c1-5-6-9(7-14)16-10(15)8-17-13-12-11(2,3)4/h9-10,12-15H,5-8H2,1-4H3. The van der Waals surface area contributed by atoms with Crippen molar-refractivity contribution in [3.63, 3.8) is 0 Å². The van der Waals surface area contributed by atoms with E-state index in [-0.39, 0.29) is 12.7 Å². The van der Waals surface area contributed by atoms with Crippen LogP contribution >= 0.6 is 11.6 Å². The van der Waals surface area contributed by atoms with Crippen LogP contribution in [-0.4, -0.2) is 48.6 Å². The Balaban J connectivity index is 3.61. The van der Waals surface area contributed by atoms with Crippen LogP contribution in [-0.2, 0) is 4.74 Å². The fraction of sp³-hybridized carbons (Fsp3) is 1.00. The minimum atomic E-state index is -0.760. The summed E-state index contributed by atoms with van der Waals surface area (Å²) in [4.78, 5) is 0. The monoisotopic (exact) mass is 260 g/mol. The minimum absolute atomic E-state index is 0.0163. The van der Waals surface area contributed by atoms with E-state index < -0.39 is 6.29 Å². The molecule has 0 aromatic rings. The zero-order valence-corrected chi connectivity index (χ0v) is 12.4.